The van der Waals surface area contributed by atoms with Gasteiger partial charge in [-0.05, 0) is 48.9 Å². The number of ether oxygens (including phenoxy) is 1. The molecular formula is C23H20N6O4. The highest BCUT2D eigenvalue weighted by atomic mass is 16.5. The van der Waals surface area contributed by atoms with Gasteiger partial charge in [0.2, 0.25) is 5.82 Å². The van der Waals surface area contributed by atoms with Gasteiger partial charge in [0.25, 0.3) is 5.91 Å². The zero-order valence-electron chi connectivity index (χ0n) is 17.8. The van der Waals surface area contributed by atoms with Gasteiger partial charge in [-0.2, -0.15) is 10.1 Å². The highest BCUT2D eigenvalue weighted by Crippen LogP contribution is 2.26. The van der Waals surface area contributed by atoms with Crippen LogP contribution in [0.1, 0.15) is 27.5 Å². The summed E-state index contributed by atoms with van der Waals surface area (Å²) in [5.74, 6) is 1.35. The molecule has 166 valence electrons. The van der Waals surface area contributed by atoms with Crippen molar-refractivity contribution in [2.24, 2.45) is 7.05 Å². The fraction of sp³-hybridized carbons (Fsp3) is 0.174. The first-order chi connectivity index (χ1) is 16.0. The number of benzene rings is 2. The SMILES string of the molecule is Cn1ccc(NC(=O)c2cccc(Oc3ccc(-c4noc(C(=O)N5CCC5)n4)cc3)c2)n1. The lowest BCUT2D eigenvalue weighted by molar-refractivity contribution is 0.0600. The number of nitrogens with one attached hydrogen (secondary N) is 1. The van der Waals surface area contributed by atoms with Crippen LogP contribution in [0.15, 0.2) is 65.3 Å². The average molecular weight is 444 g/mol. The lowest BCUT2D eigenvalue weighted by atomic mass is 10.2. The van der Waals surface area contributed by atoms with Crippen molar-refractivity contribution in [3.05, 3.63) is 72.2 Å². The molecule has 3 heterocycles. The van der Waals surface area contributed by atoms with E-state index in [2.05, 4.69) is 20.6 Å². The van der Waals surface area contributed by atoms with Crippen LogP contribution in [0.4, 0.5) is 5.82 Å². The van der Waals surface area contributed by atoms with Gasteiger partial charge in [0.15, 0.2) is 5.82 Å². The number of hydrogen-bond acceptors (Lipinski definition) is 7. The van der Waals surface area contributed by atoms with Crippen LogP contribution in [0.5, 0.6) is 11.5 Å². The standard InChI is InChI=1S/C23H20N6O4/c1-28-13-10-19(26-28)24-21(30)16-4-2-5-18(14-16)32-17-8-6-15(7-9-17)20-25-22(33-27-20)23(31)29-11-3-12-29/h2,4-10,13-14H,3,11-12H2,1H3,(H,24,26,30). The monoisotopic (exact) mass is 444 g/mol. The van der Waals surface area contributed by atoms with E-state index in [9.17, 15) is 9.59 Å². The Kier molecular flexibility index (Phi) is 5.31. The molecule has 0 aliphatic carbocycles. The first-order valence-corrected chi connectivity index (χ1v) is 10.4. The highest BCUT2D eigenvalue weighted by molar-refractivity contribution is 6.04. The van der Waals surface area contributed by atoms with Crippen molar-refractivity contribution < 1.29 is 18.8 Å². The smallest absolute Gasteiger partial charge is 0.316 e. The van der Waals surface area contributed by atoms with Crippen LogP contribution in [0.3, 0.4) is 0 Å². The minimum atomic E-state index is -0.282. The van der Waals surface area contributed by atoms with E-state index < -0.39 is 0 Å². The Morgan fingerprint density at radius 1 is 1.06 bits per heavy atom. The van der Waals surface area contributed by atoms with Gasteiger partial charge in [0, 0.05) is 43.5 Å². The molecule has 0 spiro atoms. The molecule has 1 fully saturated rings. The summed E-state index contributed by atoms with van der Waals surface area (Å²) in [6.45, 7) is 1.43. The van der Waals surface area contributed by atoms with Crippen molar-refractivity contribution in [3.8, 4) is 22.9 Å². The summed E-state index contributed by atoms with van der Waals surface area (Å²) in [6, 6.07) is 15.6. The topological polar surface area (TPSA) is 115 Å². The molecule has 10 nitrogen and oxygen atoms in total. The van der Waals surface area contributed by atoms with Crippen molar-refractivity contribution in [1.29, 1.82) is 0 Å². The summed E-state index contributed by atoms with van der Waals surface area (Å²) >= 11 is 0. The molecule has 2 aromatic carbocycles. The third kappa shape index (κ3) is 4.45. The highest BCUT2D eigenvalue weighted by Gasteiger charge is 2.26. The molecule has 1 saturated heterocycles. The molecule has 1 N–H and O–H groups in total. The number of carbonyl (C=O) groups is 2. The minimum absolute atomic E-state index is 0.00850. The normalized spacial score (nSPS) is 12.8. The minimum Gasteiger partial charge on any atom is -0.457 e. The molecule has 5 rings (SSSR count). The summed E-state index contributed by atoms with van der Waals surface area (Å²) in [7, 11) is 1.78. The quantitative estimate of drug-likeness (QED) is 0.485. The molecule has 4 aromatic rings. The Bertz CT molecular complexity index is 1310. The van der Waals surface area contributed by atoms with Gasteiger partial charge >= 0.3 is 11.8 Å². The molecule has 2 aromatic heterocycles. The molecule has 0 radical (unpaired) electrons. The Morgan fingerprint density at radius 3 is 2.58 bits per heavy atom. The maximum atomic E-state index is 12.5. The first kappa shape index (κ1) is 20.4. The molecule has 0 atom stereocenters. The number of rotatable bonds is 6. The summed E-state index contributed by atoms with van der Waals surface area (Å²) in [5, 5.41) is 10.8. The number of aromatic nitrogens is 4. The second-order valence-electron chi connectivity index (χ2n) is 7.55. The zero-order chi connectivity index (χ0) is 22.8. The van der Waals surface area contributed by atoms with Crippen LogP contribution < -0.4 is 10.1 Å². The summed E-state index contributed by atoms with van der Waals surface area (Å²) in [4.78, 5) is 30.5. The van der Waals surface area contributed by atoms with Crippen LogP contribution >= 0.6 is 0 Å². The van der Waals surface area contributed by atoms with Gasteiger partial charge in [0.1, 0.15) is 11.5 Å². The molecule has 33 heavy (non-hydrogen) atoms. The fourth-order valence-corrected chi connectivity index (χ4v) is 3.26. The number of anilines is 1. The molecule has 0 unspecified atom stereocenters. The maximum absolute atomic E-state index is 12.5. The van der Waals surface area contributed by atoms with Crippen molar-refractivity contribution in [2.75, 3.05) is 18.4 Å². The van der Waals surface area contributed by atoms with Gasteiger partial charge in [-0.15, -0.1) is 0 Å². The molecule has 0 saturated carbocycles. The van der Waals surface area contributed by atoms with E-state index in [1.165, 1.54) is 0 Å². The summed E-state index contributed by atoms with van der Waals surface area (Å²) in [6.07, 6.45) is 2.74. The van der Waals surface area contributed by atoms with Gasteiger partial charge in [-0.1, -0.05) is 11.2 Å². The van der Waals surface area contributed by atoms with Gasteiger partial charge in [0.05, 0.1) is 0 Å². The van der Waals surface area contributed by atoms with Gasteiger partial charge in [-0.3, -0.25) is 14.3 Å². The van der Waals surface area contributed by atoms with E-state index in [1.54, 1.807) is 77.4 Å². The van der Waals surface area contributed by atoms with E-state index in [-0.39, 0.29) is 17.7 Å². The number of carbonyl (C=O) groups excluding carboxylic acids is 2. The second-order valence-corrected chi connectivity index (χ2v) is 7.55. The predicted molar refractivity (Wildman–Crippen MR) is 118 cm³/mol. The predicted octanol–water partition coefficient (Wildman–Crippen LogP) is 3.36. The lowest BCUT2D eigenvalue weighted by Crippen LogP contribution is -2.42. The van der Waals surface area contributed by atoms with Gasteiger partial charge in [-0.25, -0.2) is 0 Å². The molecule has 1 aliphatic heterocycles. The van der Waals surface area contributed by atoms with Crippen molar-refractivity contribution >= 4 is 17.6 Å². The fourth-order valence-electron chi connectivity index (χ4n) is 3.26. The van der Waals surface area contributed by atoms with Crippen LogP contribution in [0, 0.1) is 0 Å². The van der Waals surface area contributed by atoms with E-state index in [1.807, 2.05) is 0 Å². The second kappa shape index (κ2) is 8.58. The van der Waals surface area contributed by atoms with Gasteiger partial charge < -0.3 is 19.5 Å². The lowest BCUT2D eigenvalue weighted by Gasteiger charge is -2.29. The van der Waals surface area contributed by atoms with Crippen LogP contribution in [0.2, 0.25) is 0 Å². The third-order valence-electron chi connectivity index (χ3n) is 5.15. The number of likely N-dealkylation sites (tertiary alicyclic amines) is 1. The maximum Gasteiger partial charge on any atom is 0.316 e. The molecule has 2 amide bonds. The van der Waals surface area contributed by atoms with Crippen molar-refractivity contribution in [3.63, 3.8) is 0 Å². The van der Waals surface area contributed by atoms with Crippen LogP contribution in [0.25, 0.3) is 11.4 Å². The van der Waals surface area contributed by atoms with E-state index >= 15 is 0 Å². The molecule has 1 aliphatic rings. The number of aryl methyl sites for hydroxylation is 1. The van der Waals surface area contributed by atoms with E-state index in [4.69, 9.17) is 9.26 Å². The van der Waals surface area contributed by atoms with Crippen molar-refractivity contribution in [2.45, 2.75) is 6.42 Å². The summed E-state index contributed by atoms with van der Waals surface area (Å²) in [5.41, 5.74) is 1.14. The third-order valence-corrected chi connectivity index (χ3v) is 5.15. The molecular weight excluding hydrogens is 424 g/mol. The average Bonchev–Trinajstić information content (AvgIpc) is 3.43. The molecule has 10 heteroatoms. The first-order valence-electron chi connectivity index (χ1n) is 10.4. The number of amides is 2. The number of nitrogens with zero attached hydrogens (tertiary/aromatic N) is 5. The number of hydrogen-bond donors (Lipinski definition) is 1. The Hall–Kier alpha value is -4.47. The molecule has 0 bridgehead atoms. The Labute approximate surface area is 188 Å². The van der Waals surface area contributed by atoms with E-state index in [0.717, 1.165) is 6.42 Å². The summed E-state index contributed by atoms with van der Waals surface area (Å²) < 4.78 is 12.6. The van der Waals surface area contributed by atoms with Crippen LogP contribution in [-0.4, -0.2) is 49.7 Å². The largest absolute Gasteiger partial charge is 0.457 e. The Balaban J connectivity index is 1.25. The van der Waals surface area contributed by atoms with Crippen LogP contribution in [-0.2, 0) is 7.05 Å². The Morgan fingerprint density at radius 2 is 1.88 bits per heavy atom. The van der Waals surface area contributed by atoms with E-state index in [0.29, 0.717) is 47.4 Å². The van der Waals surface area contributed by atoms with Crippen molar-refractivity contribution in [1.82, 2.24) is 24.8 Å². The zero-order valence-corrected chi connectivity index (χ0v) is 17.8.